The summed E-state index contributed by atoms with van der Waals surface area (Å²) in [5.74, 6) is -0.973. The third kappa shape index (κ3) is 6.33. The second-order valence-corrected chi connectivity index (χ2v) is 8.29. The van der Waals surface area contributed by atoms with Gasteiger partial charge in [0.25, 0.3) is 5.91 Å². The predicted molar refractivity (Wildman–Crippen MR) is 122 cm³/mol. The summed E-state index contributed by atoms with van der Waals surface area (Å²) in [5.41, 5.74) is 0.152. The summed E-state index contributed by atoms with van der Waals surface area (Å²) in [6.07, 6.45) is -2.14. The van der Waals surface area contributed by atoms with Gasteiger partial charge in [-0.1, -0.05) is 6.07 Å². The van der Waals surface area contributed by atoms with Gasteiger partial charge in [-0.25, -0.2) is 13.8 Å². The Balaban J connectivity index is 1.33. The normalized spacial score (nSPS) is 15.1. The lowest BCUT2D eigenvalue weighted by Crippen LogP contribution is -2.31. The fourth-order valence-electron chi connectivity index (χ4n) is 3.91. The number of alkyl halides is 3. The maximum atomic E-state index is 14.0. The van der Waals surface area contributed by atoms with E-state index < -0.39 is 29.3 Å². The first-order valence-electron chi connectivity index (χ1n) is 11.0. The Bertz CT molecular complexity index is 1170. The molecule has 0 radical (unpaired) electrons. The first-order chi connectivity index (χ1) is 16.7. The van der Waals surface area contributed by atoms with Crippen LogP contribution in [0, 0.1) is 11.6 Å². The number of hydrogen-bond acceptors (Lipinski definition) is 4. The van der Waals surface area contributed by atoms with Gasteiger partial charge in [0, 0.05) is 49.9 Å². The number of pyridine rings is 1. The van der Waals surface area contributed by atoms with Gasteiger partial charge in [-0.3, -0.25) is 9.69 Å². The molecule has 184 valence electrons. The van der Waals surface area contributed by atoms with Crippen LogP contribution in [0.25, 0.3) is 0 Å². The van der Waals surface area contributed by atoms with Crippen LogP contribution in [0.2, 0.25) is 0 Å². The lowest BCUT2D eigenvalue weighted by atomic mass is 10.1. The molecule has 1 amide bonds. The molecule has 5 nitrogen and oxygen atoms in total. The maximum Gasteiger partial charge on any atom is 0.416 e. The minimum atomic E-state index is -4.46. The third-order valence-corrected chi connectivity index (χ3v) is 5.80. The van der Waals surface area contributed by atoms with Gasteiger partial charge in [0.15, 0.2) is 0 Å². The zero-order valence-electron chi connectivity index (χ0n) is 18.7. The Morgan fingerprint density at radius 3 is 2.37 bits per heavy atom. The number of rotatable bonds is 5. The van der Waals surface area contributed by atoms with Gasteiger partial charge in [0.2, 0.25) is 0 Å². The first-order valence-corrected chi connectivity index (χ1v) is 11.0. The van der Waals surface area contributed by atoms with Gasteiger partial charge < -0.3 is 10.2 Å². The summed E-state index contributed by atoms with van der Waals surface area (Å²) in [4.78, 5) is 21.0. The van der Waals surface area contributed by atoms with E-state index >= 15 is 0 Å². The van der Waals surface area contributed by atoms with Crippen molar-refractivity contribution in [2.45, 2.75) is 19.1 Å². The van der Waals surface area contributed by atoms with Crippen molar-refractivity contribution in [1.82, 2.24) is 9.88 Å². The van der Waals surface area contributed by atoms with Crippen molar-refractivity contribution in [3.63, 3.8) is 0 Å². The number of amides is 1. The Labute approximate surface area is 199 Å². The van der Waals surface area contributed by atoms with Crippen molar-refractivity contribution in [1.29, 1.82) is 0 Å². The highest BCUT2D eigenvalue weighted by atomic mass is 19.4. The van der Waals surface area contributed by atoms with Crippen molar-refractivity contribution >= 4 is 17.4 Å². The van der Waals surface area contributed by atoms with Gasteiger partial charge in [0.1, 0.15) is 17.5 Å². The van der Waals surface area contributed by atoms with Crippen LogP contribution in [-0.4, -0.2) is 42.0 Å². The zero-order valence-corrected chi connectivity index (χ0v) is 18.7. The topological polar surface area (TPSA) is 48.5 Å². The molecule has 1 aliphatic rings. The van der Waals surface area contributed by atoms with E-state index in [0.29, 0.717) is 36.7 Å². The van der Waals surface area contributed by atoms with E-state index in [2.05, 4.69) is 20.1 Å². The standard InChI is InChI=1S/C25H23F5N4O/c26-20-7-4-18(22(27)14-20)16-33-10-1-11-34(13-12-33)23-9-8-21(15-31-23)32-24(35)17-2-5-19(6-3-17)25(28,29)30/h2-9,14-15H,1,10-13,16H2,(H,32,35). The molecular weight excluding hydrogens is 467 g/mol. The monoisotopic (exact) mass is 490 g/mol. The molecule has 3 aromatic rings. The second-order valence-electron chi connectivity index (χ2n) is 8.29. The lowest BCUT2D eigenvalue weighted by Gasteiger charge is -2.23. The van der Waals surface area contributed by atoms with Crippen molar-refractivity contribution in [2.75, 3.05) is 36.4 Å². The smallest absolute Gasteiger partial charge is 0.355 e. The fourth-order valence-corrected chi connectivity index (χ4v) is 3.91. The van der Waals surface area contributed by atoms with Crippen LogP contribution in [0.15, 0.2) is 60.8 Å². The number of anilines is 2. The number of nitrogens with one attached hydrogen (secondary N) is 1. The fraction of sp³-hybridized carbons (Fsp3) is 0.280. The number of halogens is 5. The van der Waals surface area contributed by atoms with E-state index in [1.54, 1.807) is 12.1 Å². The number of hydrogen-bond donors (Lipinski definition) is 1. The number of carbonyl (C=O) groups is 1. The molecule has 35 heavy (non-hydrogen) atoms. The molecule has 1 aliphatic heterocycles. The number of benzene rings is 2. The molecule has 0 saturated carbocycles. The summed E-state index contributed by atoms with van der Waals surface area (Å²) in [7, 11) is 0. The molecule has 0 spiro atoms. The molecule has 0 unspecified atom stereocenters. The Morgan fingerprint density at radius 2 is 1.71 bits per heavy atom. The van der Waals surface area contributed by atoms with Crippen LogP contribution in [0.4, 0.5) is 33.5 Å². The molecule has 1 fully saturated rings. The highest BCUT2D eigenvalue weighted by molar-refractivity contribution is 6.04. The Morgan fingerprint density at radius 1 is 0.943 bits per heavy atom. The van der Waals surface area contributed by atoms with Gasteiger partial charge in [-0.05, 0) is 48.9 Å². The highest BCUT2D eigenvalue weighted by Crippen LogP contribution is 2.29. The van der Waals surface area contributed by atoms with Crippen LogP contribution in [0.1, 0.15) is 27.9 Å². The van der Waals surface area contributed by atoms with Crippen molar-refractivity contribution in [3.8, 4) is 0 Å². The summed E-state index contributed by atoms with van der Waals surface area (Å²) in [6.45, 7) is 3.22. The highest BCUT2D eigenvalue weighted by Gasteiger charge is 2.30. The van der Waals surface area contributed by atoms with Gasteiger partial charge in [-0.2, -0.15) is 13.2 Å². The van der Waals surface area contributed by atoms with Crippen LogP contribution in [0.3, 0.4) is 0 Å². The van der Waals surface area contributed by atoms with Gasteiger partial charge in [-0.15, -0.1) is 0 Å². The average Bonchev–Trinajstić information content (AvgIpc) is 3.06. The van der Waals surface area contributed by atoms with Crippen LogP contribution < -0.4 is 10.2 Å². The molecular formula is C25H23F5N4O. The molecule has 10 heteroatoms. The molecule has 2 aromatic carbocycles. The average molecular weight is 490 g/mol. The largest absolute Gasteiger partial charge is 0.416 e. The lowest BCUT2D eigenvalue weighted by molar-refractivity contribution is -0.137. The van der Waals surface area contributed by atoms with E-state index in [1.807, 2.05) is 0 Å². The first kappa shape index (κ1) is 24.6. The van der Waals surface area contributed by atoms with E-state index in [1.165, 1.54) is 18.3 Å². The zero-order chi connectivity index (χ0) is 25.0. The Kier molecular flexibility index (Phi) is 7.30. The van der Waals surface area contributed by atoms with Crippen molar-refractivity contribution < 1.29 is 26.7 Å². The van der Waals surface area contributed by atoms with Crippen LogP contribution in [-0.2, 0) is 12.7 Å². The summed E-state index contributed by atoms with van der Waals surface area (Å²) >= 11 is 0. The van der Waals surface area contributed by atoms with E-state index in [0.717, 1.165) is 49.8 Å². The molecule has 1 saturated heterocycles. The van der Waals surface area contributed by atoms with Crippen molar-refractivity contribution in [3.05, 3.63) is 89.1 Å². The molecule has 2 heterocycles. The van der Waals surface area contributed by atoms with Crippen molar-refractivity contribution in [2.24, 2.45) is 0 Å². The Hall–Kier alpha value is -3.53. The number of nitrogens with zero attached hydrogens (tertiary/aromatic N) is 3. The third-order valence-electron chi connectivity index (χ3n) is 5.80. The number of carbonyl (C=O) groups excluding carboxylic acids is 1. The summed E-state index contributed by atoms with van der Waals surface area (Å²) in [5, 5.41) is 2.63. The molecule has 1 N–H and O–H groups in total. The predicted octanol–water partition coefficient (Wildman–Crippen LogP) is 5.34. The minimum absolute atomic E-state index is 0.104. The summed E-state index contributed by atoms with van der Waals surface area (Å²) < 4.78 is 65.2. The number of aromatic nitrogens is 1. The molecule has 0 bridgehead atoms. The SMILES string of the molecule is O=C(Nc1ccc(N2CCCN(Cc3ccc(F)cc3F)CC2)nc1)c1ccc(C(F)(F)F)cc1. The van der Waals surface area contributed by atoms with Crippen LogP contribution >= 0.6 is 0 Å². The van der Waals surface area contributed by atoms with Gasteiger partial charge >= 0.3 is 6.18 Å². The van der Waals surface area contributed by atoms with Crippen LogP contribution in [0.5, 0.6) is 0 Å². The van der Waals surface area contributed by atoms with E-state index in [9.17, 15) is 26.7 Å². The van der Waals surface area contributed by atoms with E-state index in [4.69, 9.17) is 0 Å². The molecule has 4 rings (SSSR count). The molecule has 0 atom stereocenters. The summed E-state index contributed by atoms with van der Waals surface area (Å²) in [6, 6.07) is 11.0. The molecule has 0 aliphatic carbocycles. The van der Waals surface area contributed by atoms with E-state index in [-0.39, 0.29) is 5.56 Å². The van der Waals surface area contributed by atoms with Gasteiger partial charge in [0.05, 0.1) is 17.4 Å². The second kappa shape index (κ2) is 10.4. The maximum absolute atomic E-state index is 14.0. The minimum Gasteiger partial charge on any atom is -0.355 e. The quantitative estimate of drug-likeness (QED) is 0.491. The molecule has 1 aromatic heterocycles.